The lowest BCUT2D eigenvalue weighted by molar-refractivity contribution is -0.117. The molecule has 2 N–H and O–H groups in total. The van der Waals surface area contributed by atoms with Gasteiger partial charge < -0.3 is 15.2 Å². The Labute approximate surface area is 204 Å². The van der Waals surface area contributed by atoms with Crippen LogP contribution >= 0.6 is 12.2 Å². The van der Waals surface area contributed by atoms with Crippen LogP contribution in [0.5, 0.6) is 0 Å². The van der Waals surface area contributed by atoms with Crippen molar-refractivity contribution in [1.82, 2.24) is 14.9 Å². The van der Waals surface area contributed by atoms with Crippen LogP contribution in [-0.4, -0.2) is 27.9 Å². The van der Waals surface area contributed by atoms with Gasteiger partial charge in [-0.05, 0) is 66.7 Å². The number of hydrogen-bond acceptors (Lipinski definition) is 4. The maximum Gasteiger partial charge on any atom is 0.266 e. The number of rotatable bonds is 5. The van der Waals surface area contributed by atoms with Crippen molar-refractivity contribution in [1.29, 1.82) is 0 Å². The molecule has 1 aliphatic heterocycles. The number of carbonyl (C=O) groups excluding carboxylic acids is 2. The zero-order valence-electron chi connectivity index (χ0n) is 18.6. The van der Waals surface area contributed by atoms with Gasteiger partial charge in [-0.1, -0.05) is 24.3 Å². The standard InChI is InChI=1S/C26H21FN4O3S/c27-20-7-1-2-8-22(20)31-25(34)19-11-10-17(14-21(19)29-26(31)35)24(33)28-15-16-5-3-6-18(13-16)30-12-4-9-23(30)32/h1-3,5-8,10-11,13-14H,4,9,12,15H2,(H,28,33)(H,29,35). The number of nitrogens with one attached hydrogen (secondary N) is 2. The van der Waals surface area contributed by atoms with E-state index in [9.17, 15) is 18.8 Å². The number of fused-ring (bicyclic) bond motifs is 1. The molecule has 7 nitrogen and oxygen atoms in total. The van der Waals surface area contributed by atoms with Crippen molar-refractivity contribution in [2.75, 3.05) is 11.4 Å². The summed E-state index contributed by atoms with van der Waals surface area (Å²) in [6.45, 7) is 0.976. The molecular weight excluding hydrogens is 467 g/mol. The van der Waals surface area contributed by atoms with Crippen molar-refractivity contribution in [2.45, 2.75) is 19.4 Å². The normalized spacial score (nSPS) is 13.4. The zero-order valence-corrected chi connectivity index (χ0v) is 19.4. The van der Waals surface area contributed by atoms with E-state index in [2.05, 4.69) is 10.3 Å². The van der Waals surface area contributed by atoms with Crippen LogP contribution in [0.3, 0.4) is 0 Å². The Morgan fingerprint density at radius 1 is 1.06 bits per heavy atom. The smallest absolute Gasteiger partial charge is 0.266 e. The molecule has 0 saturated carbocycles. The van der Waals surface area contributed by atoms with E-state index >= 15 is 0 Å². The lowest BCUT2D eigenvalue weighted by atomic mass is 10.1. The first-order valence-corrected chi connectivity index (χ1v) is 11.5. The average molecular weight is 489 g/mol. The Hall–Kier alpha value is -4.11. The number of carbonyl (C=O) groups is 2. The second-order valence-electron chi connectivity index (χ2n) is 8.28. The van der Waals surface area contributed by atoms with E-state index in [1.807, 2.05) is 24.3 Å². The van der Waals surface area contributed by atoms with E-state index in [0.717, 1.165) is 22.2 Å². The van der Waals surface area contributed by atoms with Crippen molar-refractivity contribution in [3.05, 3.63) is 98.8 Å². The maximum absolute atomic E-state index is 14.3. The van der Waals surface area contributed by atoms with Gasteiger partial charge in [0.25, 0.3) is 11.5 Å². The monoisotopic (exact) mass is 488 g/mol. The molecule has 1 aromatic heterocycles. The van der Waals surface area contributed by atoms with Gasteiger partial charge in [0.05, 0.1) is 16.6 Å². The summed E-state index contributed by atoms with van der Waals surface area (Å²) in [4.78, 5) is 42.5. The number of amides is 2. The number of aromatic amines is 1. The molecule has 2 amide bonds. The minimum Gasteiger partial charge on any atom is -0.348 e. The summed E-state index contributed by atoms with van der Waals surface area (Å²) in [6.07, 6.45) is 1.40. The molecule has 3 aromatic carbocycles. The molecule has 1 aliphatic rings. The highest BCUT2D eigenvalue weighted by atomic mass is 32.1. The maximum atomic E-state index is 14.3. The summed E-state index contributed by atoms with van der Waals surface area (Å²) in [5.41, 5.74) is 1.99. The van der Waals surface area contributed by atoms with E-state index in [1.165, 1.54) is 24.3 Å². The van der Waals surface area contributed by atoms with E-state index in [4.69, 9.17) is 12.2 Å². The molecule has 176 valence electrons. The van der Waals surface area contributed by atoms with Crippen molar-refractivity contribution < 1.29 is 14.0 Å². The van der Waals surface area contributed by atoms with E-state index in [0.29, 0.717) is 24.0 Å². The van der Waals surface area contributed by atoms with Crippen LogP contribution in [-0.2, 0) is 11.3 Å². The van der Waals surface area contributed by atoms with Crippen LogP contribution in [0.1, 0.15) is 28.8 Å². The number of hydrogen-bond donors (Lipinski definition) is 2. The van der Waals surface area contributed by atoms with Crippen LogP contribution in [0.2, 0.25) is 0 Å². The summed E-state index contributed by atoms with van der Waals surface area (Å²) in [6, 6.07) is 18.0. The first-order valence-electron chi connectivity index (χ1n) is 11.1. The Balaban J connectivity index is 1.38. The second-order valence-corrected chi connectivity index (χ2v) is 8.67. The van der Waals surface area contributed by atoms with Gasteiger partial charge in [-0.15, -0.1) is 0 Å². The highest BCUT2D eigenvalue weighted by molar-refractivity contribution is 7.71. The molecule has 5 rings (SSSR count). The van der Waals surface area contributed by atoms with Gasteiger partial charge in [-0.2, -0.15) is 0 Å². The number of aromatic nitrogens is 2. The van der Waals surface area contributed by atoms with Crippen LogP contribution < -0.4 is 15.8 Å². The number of para-hydroxylation sites is 1. The fourth-order valence-corrected chi connectivity index (χ4v) is 4.54. The van der Waals surface area contributed by atoms with Crippen LogP contribution in [0.15, 0.2) is 71.5 Å². The quantitative estimate of drug-likeness (QED) is 0.412. The summed E-state index contributed by atoms with van der Waals surface area (Å²) >= 11 is 5.31. The zero-order chi connectivity index (χ0) is 24.5. The Morgan fingerprint density at radius 2 is 1.89 bits per heavy atom. The Bertz CT molecular complexity index is 1590. The average Bonchev–Trinajstić information content (AvgIpc) is 3.29. The third-order valence-corrected chi connectivity index (χ3v) is 6.29. The number of halogens is 1. The molecule has 0 aliphatic carbocycles. The Kier molecular flexibility index (Phi) is 6.00. The highest BCUT2D eigenvalue weighted by Gasteiger charge is 2.21. The molecule has 9 heteroatoms. The van der Waals surface area contributed by atoms with Gasteiger partial charge in [-0.25, -0.2) is 8.96 Å². The van der Waals surface area contributed by atoms with E-state index in [-0.39, 0.29) is 34.2 Å². The fraction of sp³-hybridized carbons (Fsp3) is 0.154. The van der Waals surface area contributed by atoms with Crippen LogP contribution in [0.25, 0.3) is 16.6 Å². The minimum absolute atomic E-state index is 0.0263. The van der Waals surface area contributed by atoms with Gasteiger partial charge >= 0.3 is 0 Å². The first kappa shape index (κ1) is 22.7. The van der Waals surface area contributed by atoms with E-state index in [1.54, 1.807) is 23.1 Å². The summed E-state index contributed by atoms with van der Waals surface area (Å²) in [5, 5.41) is 3.15. The number of benzene rings is 3. The molecule has 1 saturated heterocycles. The molecule has 1 fully saturated rings. The molecule has 0 spiro atoms. The van der Waals surface area contributed by atoms with E-state index < -0.39 is 11.4 Å². The number of H-pyrrole nitrogens is 1. The molecule has 35 heavy (non-hydrogen) atoms. The molecular formula is C26H21FN4O3S. The molecule has 0 unspecified atom stereocenters. The van der Waals surface area contributed by atoms with Crippen molar-refractivity contribution in [2.24, 2.45) is 0 Å². The van der Waals surface area contributed by atoms with Crippen LogP contribution in [0, 0.1) is 10.6 Å². The summed E-state index contributed by atoms with van der Waals surface area (Å²) in [7, 11) is 0. The molecule has 0 radical (unpaired) electrons. The Morgan fingerprint density at radius 3 is 2.66 bits per heavy atom. The lowest BCUT2D eigenvalue weighted by Gasteiger charge is -2.16. The van der Waals surface area contributed by atoms with Crippen molar-refractivity contribution in [3.8, 4) is 5.69 Å². The number of anilines is 1. The third kappa shape index (κ3) is 4.38. The number of nitrogens with zero attached hydrogens (tertiary/aromatic N) is 2. The third-order valence-electron chi connectivity index (χ3n) is 6.00. The second kappa shape index (κ2) is 9.27. The predicted molar refractivity (Wildman–Crippen MR) is 134 cm³/mol. The molecule has 2 heterocycles. The topological polar surface area (TPSA) is 87.2 Å². The van der Waals surface area contributed by atoms with Gasteiger partial charge in [0.2, 0.25) is 5.91 Å². The predicted octanol–water partition coefficient (Wildman–Crippen LogP) is 4.24. The van der Waals surface area contributed by atoms with Crippen molar-refractivity contribution >= 4 is 40.6 Å². The largest absolute Gasteiger partial charge is 0.348 e. The minimum atomic E-state index is -0.567. The summed E-state index contributed by atoms with van der Waals surface area (Å²) < 4.78 is 15.4. The highest BCUT2D eigenvalue weighted by Crippen LogP contribution is 2.22. The lowest BCUT2D eigenvalue weighted by Crippen LogP contribution is -2.25. The SMILES string of the molecule is O=C(NCc1cccc(N2CCCC2=O)c1)c1ccc2c(=O)n(-c3ccccc3F)c(=S)[nH]c2c1. The molecule has 0 bridgehead atoms. The van der Waals surface area contributed by atoms with Crippen molar-refractivity contribution in [3.63, 3.8) is 0 Å². The fourth-order valence-electron chi connectivity index (χ4n) is 4.25. The molecule has 0 atom stereocenters. The van der Waals surface area contributed by atoms with Crippen LogP contribution in [0.4, 0.5) is 10.1 Å². The van der Waals surface area contributed by atoms with Gasteiger partial charge in [0, 0.05) is 30.8 Å². The summed E-state index contributed by atoms with van der Waals surface area (Å²) in [5.74, 6) is -0.788. The van der Waals surface area contributed by atoms with Gasteiger partial charge in [0.1, 0.15) is 5.82 Å². The van der Waals surface area contributed by atoms with Gasteiger partial charge in [0.15, 0.2) is 4.77 Å². The van der Waals surface area contributed by atoms with Gasteiger partial charge in [-0.3, -0.25) is 14.4 Å². The first-order chi connectivity index (χ1) is 16.9. The molecule has 4 aromatic rings.